The fourth-order valence-corrected chi connectivity index (χ4v) is 4.70. The fraction of sp³-hybridized carbons (Fsp3) is 0.310. The minimum absolute atomic E-state index is 0.101. The van der Waals surface area contributed by atoms with Crippen molar-refractivity contribution in [2.45, 2.75) is 45.4 Å². The molecule has 0 unspecified atom stereocenters. The first-order chi connectivity index (χ1) is 15.9. The number of rotatable bonds is 4. The Morgan fingerprint density at radius 3 is 2.30 bits per heavy atom. The smallest absolute Gasteiger partial charge is 0.206 e. The molecule has 0 atom stereocenters. The highest BCUT2D eigenvalue weighted by Gasteiger charge is 2.19. The molecule has 3 aromatic carbocycles. The minimum atomic E-state index is -2.14. The van der Waals surface area contributed by atoms with Crippen LogP contribution in [0.5, 0.6) is 0 Å². The molecule has 0 spiro atoms. The highest BCUT2D eigenvalue weighted by Crippen LogP contribution is 2.32. The summed E-state index contributed by atoms with van der Waals surface area (Å²) in [7, 11) is 0. The van der Waals surface area contributed by atoms with Crippen LogP contribution in [0, 0.1) is 35.3 Å². The molecule has 170 valence electrons. The molecule has 0 heterocycles. The average Bonchev–Trinajstić information content (AvgIpc) is 2.81. The van der Waals surface area contributed by atoms with Gasteiger partial charge in [-0.3, -0.25) is 0 Å². The highest BCUT2D eigenvalue weighted by molar-refractivity contribution is 5.90. The largest absolute Gasteiger partial charge is 0.271 e. The zero-order chi connectivity index (χ0) is 23.4. The zero-order valence-electron chi connectivity index (χ0n) is 18.6. The third kappa shape index (κ3) is 5.47. The van der Waals surface area contributed by atoms with Gasteiger partial charge in [0.25, 0.3) is 6.08 Å². The van der Waals surface area contributed by atoms with Gasteiger partial charge in [0.2, 0.25) is 0 Å². The fourth-order valence-electron chi connectivity index (χ4n) is 4.70. The van der Waals surface area contributed by atoms with Gasteiger partial charge in [-0.05, 0) is 72.4 Å². The second-order valence-electron chi connectivity index (χ2n) is 8.81. The average molecular weight is 451 g/mol. The van der Waals surface area contributed by atoms with Gasteiger partial charge in [-0.1, -0.05) is 55.9 Å². The summed E-state index contributed by atoms with van der Waals surface area (Å²) >= 11 is 0. The van der Waals surface area contributed by atoms with E-state index in [0.29, 0.717) is 11.3 Å². The van der Waals surface area contributed by atoms with Crippen LogP contribution >= 0.6 is 0 Å². The summed E-state index contributed by atoms with van der Waals surface area (Å²) in [4.78, 5) is 0. The molecular formula is C29H26F4. The molecule has 4 heteroatoms. The summed E-state index contributed by atoms with van der Waals surface area (Å²) in [5.74, 6) is 6.04. The molecule has 4 rings (SSSR count). The van der Waals surface area contributed by atoms with Crippen LogP contribution in [0.2, 0.25) is 0 Å². The van der Waals surface area contributed by atoms with E-state index in [2.05, 4.69) is 18.8 Å². The Bertz CT molecular complexity index is 1220. The minimum Gasteiger partial charge on any atom is -0.206 e. The van der Waals surface area contributed by atoms with Crippen molar-refractivity contribution in [3.8, 4) is 23.0 Å². The van der Waals surface area contributed by atoms with Crippen LogP contribution in [-0.4, -0.2) is 0 Å². The van der Waals surface area contributed by atoms with Gasteiger partial charge in [-0.15, -0.1) is 0 Å². The molecule has 0 radical (unpaired) electrons. The van der Waals surface area contributed by atoms with Crippen LogP contribution < -0.4 is 0 Å². The van der Waals surface area contributed by atoms with Crippen LogP contribution in [0.15, 0.2) is 54.6 Å². The molecule has 0 nitrogen and oxygen atoms in total. The molecule has 1 saturated carbocycles. The maximum atomic E-state index is 14.5. The van der Waals surface area contributed by atoms with Crippen LogP contribution in [0.25, 0.3) is 28.0 Å². The molecule has 0 aromatic heterocycles. The maximum Gasteiger partial charge on any atom is 0.271 e. The molecule has 0 aliphatic heterocycles. The molecular weight excluding hydrogens is 424 g/mol. The molecule has 0 bridgehead atoms. The summed E-state index contributed by atoms with van der Waals surface area (Å²) in [6.45, 7) is 2.24. The van der Waals surface area contributed by atoms with Gasteiger partial charge in [0.1, 0.15) is 11.6 Å². The van der Waals surface area contributed by atoms with Gasteiger partial charge in [-0.2, -0.15) is 8.78 Å². The Balaban J connectivity index is 1.51. The monoisotopic (exact) mass is 450 g/mol. The Labute approximate surface area is 192 Å². The van der Waals surface area contributed by atoms with Crippen LogP contribution in [-0.2, 0) is 0 Å². The van der Waals surface area contributed by atoms with Gasteiger partial charge < -0.3 is 0 Å². The van der Waals surface area contributed by atoms with Gasteiger partial charge in [0.15, 0.2) is 0 Å². The van der Waals surface area contributed by atoms with Crippen molar-refractivity contribution >= 4 is 16.8 Å². The Hall–Kier alpha value is -3.06. The third-order valence-corrected chi connectivity index (χ3v) is 6.50. The summed E-state index contributed by atoms with van der Waals surface area (Å²) in [5.41, 5.74) is 1.89. The lowest BCUT2D eigenvalue weighted by Gasteiger charge is -2.25. The number of hydrogen-bond acceptors (Lipinski definition) is 0. The standard InChI is InChI=1S/C29H26F4/c1-2-3-19-4-6-20(7-5-19)8-9-21-10-12-22(13-11-21)23-14-15-25-24(16-23)17-27(30)26(29(25)33)18-28(31)32/h10-20H,2-7H2,1H3. The molecule has 0 N–H and O–H groups in total. The Morgan fingerprint density at radius 1 is 0.939 bits per heavy atom. The predicted molar refractivity (Wildman–Crippen MR) is 127 cm³/mol. The second kappa shape index (κ2) is 10.3. The molecule has 1 aliphatic carbocycles. The molecule has 33 heavy (non-hydrogen) atoms. The third-order valence-electron chi connectivity index (χ3n) is 6.50. The van der Waals surface area contributed by atoms with E-state index in [1.54, 1.807) is 12.1 Å². The quantitative estimate of drug-likeness (QED) is 0.275. The zero-order valence-corrected chi connectivity index (χ0v) is 18.6. The lowest BCUT2D eigenvalue weighted by atomic mass is 9.80. The van der Waals surface area contributed by atoms with Gasteiger partial charge in [0, 0.05) is 22.9 Å². The van der Waals surface area contributed by atoms with Gasteiger partial charge in [0.05, 0.1) is 5.56 Å². The van der Waals surface area contributed by atoms with Crippen molar-refractivity contribution < 1.29 is 17.6 Å². The SMILES string of the molecule is CCCC1CCC(C#Cc2ccc(-c3ccc4c(F)c(C=C(F)F)c(F)cc4c3)cc2)CC1. The Kier molecular flexibility index (Phi) is 7.18. The maximum absolute atomic E-state index is 14.5. The number of halogens is 4. The summed E-state index contributed by atoms with van der Waals surface area (Å²) < 4.78 is 53.8. The van der Waals surface area contributed by atoms with E-state index in [-0.39, 0.29) is 11.5 Å². The van der Waals surface area contributed by atoms with Crippen LogP contribution in [0.1, 0.15) is 56.6 Å². The molecule has 0 saturated heterocycles. The highest BCUT2D eigenvalue weighted by atomic mass is 19.3. The van der Waals surface area contributed by atoms with E-state index in [1.807, 2.05) is 24.3 Å². The number of benzene rings is 3. The topological polar surface area (TPSA) is 0 Å². The van der Waals surface area contributed by atoms with Crippen LogP contribution in [0.4, 0.5) is 17.6 Å². The van der Waals surface area contributed by atoms with E-state index < -0.39 is 23.3 Å². The summed E-state index contributed by atoms with van der Waals surface area (Å²) in [6, 6.07) is 13.7. The first kappa shape index (κ1) is 23.1. The summed E-state index contributed by atoms with van der Waals surface area (Å²) in [6.07, 6.45) is 5.55. The van der Waals surface area contributed by atoms with E-state index in [9.17, 15) is 17.6 Å². The number of hydrogen-bond donors (Lipinski definition) is 0. The molecule has 0 amide bonds. The van der Waals surface area contributed by atoms with Crippen molar-refractivity contribution in [1.29, 1.82) is 0 Å². The van der Waals surface area contributed by atoms with Crippen molar-refractivity contribution in [3.63, 3.8) is 0 Å². The molecule has 3 aromatic rings. The lowest BCUT2D eigenvalue weighted by Crippen LogP contribution is -2.13. The number of fused-ring (bicyclic) bond motifs is 1. The van der Waals surface area contributed by atoms with Crippen molar-refractivity contribution in [1.82, 2.24) is 0 Å². The first-order valence-corrected chi connectivity index (χ1v) is 11.5. The first-order valence-electron chi connectivity index (χ1n) is 11.5. The van der Waals surface area contributed by atoms with E-state index in [1.165, 1.54) is 44.6 Å². The lowest BCUT2D eigenvalue weighted by molar-refractivity contribution is 0.300. The van der Waals surface area contributed by atoms with E-state index in [0.717, 1.165) is 28.7 Å². The van der Waals surface area contributed by atoms with Crippen molar-refractivity contribution in [2.24, 2.45) is 11.8 Å². The van der Waals surface area contributed by atoms with Crippen LogP contribution in [0.3, 0.4) is 0 Å². The van der Waals surface area contributed by atoms with E-state index >= 15 is 0 Å². The second-order valence-corrected chi connectivity index (χ2v) is 8.81. The summed E-state index contributed by atoms with van der Waals surface area (Å²) in [5, 5.41) is 0.422. The van der Waals surface area contributed by atoms with Gasteiger partial charge >= 0.3 is 0 Å². The van der Waals surface area contributed by atoms with E-state index in [4.69, 9.17) is 0 Å². The van der Waals surface area contributed by atoms with Gasteiger partial charge in [-0.25, -0.2) is 8.78 Å². The predicted octanol–water partition coefficient (Wildman–Crippen LogP) is 8.98. The Morgan fingerprint density at radius 2 is 1.64 bits per heavy atom. The normalized spacial score (nSPS) is 18.0. The molecule has 1 aliphatic rings. The van der Waals surface area contributed by atoms with Crippen molar-refractivity contribution in [3.05, 3.63) is 77.4 Å². The van der Waals surface area contributed by atoms with Crippen molar-refractivity contribution in [2.75, 3.05) is 0 Å². The molecule has 1 fully saturated rings.